The molecule has 0 aliphatic heterocycles. The fourth-order valence-corrected chi connectivity index (χ4v) is 2.69. The maximum absolute atomic E-state index is 12.7. The predicted molar refractivity (Wildman–Crippen MR) is 93.2 cm³/mol. The van der Waals surface area contributed by atoms with Crippen molar-refractivity contribution in [3.05, 3.63) is 53.9 Å². The van der Waals surface area contributed by atoms with E-state index < -0.39 is 0 Å². The van der Waals surface area contributed by atoms with Gasteiger partial charge < -0.3 is 14.8 Å². The molecule has 0 fully saturated rings. The number of ether oxygens (including phenoxy) is 2. The minimum atomic E-state index is -0.258. The lowest BCUT2D eigenvalue weighted by atomic mass is 9.87. The molecule has 5 nitrogen and oxygen atoms in total. The molecule has 0 aliphatic carbocycles. The Morgan fingerprint density at radius 2 is 1.75 bits per heavy atom. The standard InChI is InChI=1S/C19H24N2O3/c1-13(2)18(15-5-6-16(23-3)17(11-15)24-4)19(22)21-12-14-7-9-20-10-8-14/h5-11,13,18H,12H2,1-4H3,(H,21,22). The van der Waals surface area contributed by atoms with Crippen molar-refractivity contribution < 1.29 is 14.3 Å². The summed E-state index contributed by atoms with van der Waals surface area (Å²) in [5, 5.41) is 3.01. The highest BCUT2D eigenvalue weighted by molar-refractivity contribution is 5.84. The molecule has 0 bridgehead atoms. The highest BCUT2D eigenvalue weighted by atomic mass is 16.5. The van der Waals surface area contributed by atoms with E-state index in [4.69, 9.17) is 9.47 Å². The Kier molecular flexibility index (Phi) is 6.18. The number of pyridine rings is 1. The minimum absolute atomic E-state index is 0.00553. The van der Waals surface area contributed by atoms with Crippen LogP contribution in [0.3, 0.4) is 0 Å². The van der Waals surface area contributed by atoms with Gasteiger partial charge in [0.05, 0.1) is 20.1 Å². The Labute approximate surface area is 143 Å². The largest absolute Gasteiger partial charge is 0.493 e. The van der Waals surface area contributed by atoms with E-state index in [2.05, 4.69) is 10.3 Å². The van der Waals surface area contributed by atoms with Gasteiger partial charge in [0.25, 0.3) is 0 Å². The maximum atomic E-state index is 12.7. The van der Waals surface area contributed by atoms with Crippen molar-refractivity contribution in [2.24, 2.45) is 5.92 Å². The van der Waals surface area contributed by atoms with E-state index in [9.17, 15) is 4.79 Å². The lowest BCUT2D eigenvalue weighted by molar-refractivity contribution is -0.123. The van der Waals surface area contributed by atoms with Crippen LogP contribution in [0, 0.1) is 5.92 Å². The third-order valence-electron chi connectivity index (χ3n) is 3.93. The molecule has 2 rings (SSSR count). The third kappa shape index (κ3) is 4.25. The quantitative estimate of drug-likeness (QED) is 0.848. The van der Waals surface area contributed by atoms with Gasteiger partial charge in [-0.2, -0.15) is 0 Å². The number of nitrogens with zero attached hydrogens (tertiary/aromatic N) is 1. The second-order valence-electron chi connectivity index (χ2n) is 5.91. The molecular formula is C19H24N2O3. The van der Waals surface area contributed by atoms with Crippen LogP contribution in [-0.4, -0.2) is 25.1 Å². The number of hydrogen-bond acceptors (Lipinski definition) is 4. The number of aromatic nitrogens is 1. The van der Waals surface area contributed by atoms with Gasteiger partial charge in [0.2, 0.25) is 5.91 Å². The Morgan fingerprint density at radius 1 is 1.08 bits per heavy atom. The van der Waals surface area contributed by atoms with Gasteiger partial charge in [-0.05, 0) is 41.3 Å². The summed E-state index contributed by atoms with van der Waals surface area (Å²) in [6, 6.07) is 9.40. The van der Waals surface area contributed by atoms with Gasteiger partial charge in [-0.15, -0.1) is 0 Å². The maximum Gasteiger partial charge on any atom is 0.228 e. The average molecular weight is 328 g/mol. The van der Waals surface area contributed by atoms with Gasteiger partial charge in [-0.1, -0.05) is 19.9 Å². The van der Waals surface area contributed by atoms with Crippen LogP contribution < -0.4 is 14.8 Å². The molecule has 1 amide bonds. The van der Waals surface area contributed by atoms with E-state index in [1.165, 1.54) is 0 Å². The molecule has 1 heterocycles. The van der Waals surface area contributed by atoms with Gasteiger partial charge in [-0.3, -0.25) is 9.78 Å². The molecule has 0 radical (unpaired) electrons. The van der Waals surface area contributed by atoms with Gasteiger partial charge in [0.1, 0.15) is 0 Å². The van der Waals surface area contributed by atoms with Gasteiger partial charge >= 0.3 is 0 Å². The minimum Gasteiger partial charge on any atom is -0.493 e. The van der Waals surface area contributed by atoms with Crippen LogP contribution >= 0.6 is 0 Å². The highest BCUT2D eigenvalue weighted by Gasteiger charge is 2.25. The zero-order valence-electron chi connectivity index (χ0n) is 14.6. The lowest BCUT2D eigenvalue weighted by Gasteiger charge is -2.22. The zero-order valence-corrected chi connectivity index (χ0v) is 14.6. The molecule has 1 atom stereocenters. The molecule has 24 heavy (non-hydrogen) atoms. The van der Waals surface area contributed by atoms with Crippen molar-refractivity contribution in [3.63, 3.8) is 0 Å². The number of nitrogens with one attached hydrogen (secondary N) is 1. The van der Waals surface area contributed by atoms with Crippen molar-refractivity contribution >= 4 is 5.91 Å². The van der Waals surface area contributed by atoms with Gasteiger partial charge in [-0.25, -0.2) is 0 Å². The molecule has 1 N–H and O–H groups in total. The van der Waals surface area contributed by atoms with Gasteiger partial charge in [0.15, 0.2) is 11.5 Å². The molecule has 0 spiro atoms. The summed E-state index contributed by atoms with van der Waals surface area (Å²) >= 11 is 0. The topological polar surface area (TPSA) is 60.5 Å². The van der Waals surface area contributed by atoms with Crippen LogP contribution in [0.2, 0.25) is 0 Å². The first kappa shape index (κ1) is 17.8. The normalized spacial score (nSPS) is 11.9. The van der Waals surface area contributed by atoms with Crippen molar-refractivity contribution in [3.8, 4) is 11.5 Å². The smallest absolute Gasteiger partial charge is 0.228 e. The summed E-state index contributed by atoms with van der Waals surface area (Å²) in [5.74, 6) is 1.17. The first-order chi connectivity index (χ1) is 11.6. The third-order valence-corrected chi connectivity index (χ3v) is 3.93. The van der Waals surface area contributed by atoms with E-state index in [-0.39, 0.29) is 17.7 Å². The highest BCUT2D eigenvalue weighted by Crippen LogP contribution is 2.33. The van der Waals surface area contributed by atoms with E-state index in [1.54, 1.807) is 26.6 Å². The Hall–Kier alpha value is -2.56. The molecule has 1 aromatic heterocycles. The number of rotatable bonds is 7. The van der Waals surface area contributed by atoms with E-state index in [0.717, 1.165) is 11.1 Å². The molecule has 0 aliphatic rings. The zero-order chi connectivity index (χ0) is 17.5. The summed E-state index contributed by atoms with van der Waals surface area (Å²) in [5.41, 5.74) is 1.93. The molecular weight excluding hydrogens is 304 g/mol. The summed E-state index contributed by atoms with van der Waals surface area (Å²) in [7, 11) is 3.19. The first-order valence-electron chi connectivity index (χ1n) is 7.95. The van der Waals surface area contributed by atoms with E-state index in [1.807, 2.05) is 44.2 Å². The molecule has 0 saturated heterocycles. The summed E-state index contributed by atoms with van der Waals surface area (Å²) < 4.78 is 10.6. The molecule has 1 aromatic carbocycles. The number of amides is 1. The fourth-order valence-electron chi connectivity index (χ4n) is 2.69. The SMILES string of the molecule is COc1ccc(C(C(=O)NCc2ccncc2)C(C)C)cc1OC. The van der Waals surface area contributed by atoms with Crippen LogP contribution in [0.15, 0.2) is 42.7 Å². The Morgan fingerprint density at radius 3 is 2.33 bits per heavy atom. The first-order valence-corrected chi connectivity index (χ1v) is 7.95. The van der Waals surface area contributed by atoms with Crippen LogP contribution in [0.4, 0.5) is 0 Å². The summed E-state index contributed by atoms with van der Waals surface area (Å²) in [4.78, 5) is 16.7. The number of benzene rings is 1. The van der Waals surface area contributed by atoms with E-state index >= 15 is 0 Å². The van der Waals surface area contributed by atoms with Crippen molar-refractivity contribution in [1.29, 1.82) is 0 Å². The van der Waals surface area contributed by atoms with Crippen LogP contribution in [0.5, 0.6) is 11.5 Å². The van der Waals surface area contributed by atoms with Crippen molar-refractivity contribution in [2.75, 3.05) is 14.2 Å². The summed E-state index contributed by atoms with van der Waals surface area (Å²) in [6.07, 6.45) is 3.44. The number of hydrogen-bond donors (Lipinski definition) is 1. The number of carbonyl (C=O) groups is 1. The van der Waals surface area contributed by atoms with Crippen LogP contribution in [-0.2, 0) is 11.3 Å². The number of methoxy groups -OCH3 is 2. The molecule has 0 saturated carbocycles. The second kappa shape index (κ2) is 8.34. The van der Waals surface area contributed by atoms with Crippen LogP contribution in [0.25, 0.3) is 0 Å². The average Bonchev–Trinajstić information content (AvgIpc) is 2.60. The van der Waals surface area contributed by atoms with Crippen molar-refractivity contribution in [1.82, 2.24) is 10.3 Å². The Bertz CT molecular complexity index is 672. The molecule has 5 heteroatoms. The lowest BCUT2D eigenvalue weighted by Crippen LogP contribution is -2.31. The van der Waals surface area contributed by atoms with E-state index in [0.29, 0.717) is 18.0 Å². The van der Waals surface area contributed by atoms with Crippen molar-refractivity contribution in [2.45, 2.75) is 26.3 Å². The predicted octanol–water partition coefficient (Wildman–Crippen LogP) is 3.15. The van der Waals surface area contributed by atoms with Crippen LogP contribution in [0.1, 0.15) is 30.9 Å². The molecule has 1 unspecified atom stereocenters. The monoisotopic (exact) mass is 328 g/mol. The van der Waals surface area contributed by atoms with Gasteiger partial charge in [0, 0.05) is 18.9 Å². The summed E-state index contributed by atoms with van der Waals surface area (Å²) in [6.45, 7) is 4.55. The Balaban J connectivity index is 2.18. The molecule has 128 valence electrons. The fraction of sp³-hybridized carbons (Fsp3) is 0.368. The number of carbonyl (C=O) groups excluding carboxylic acids is 1. The second-order valence-corrected chi connectivity index (χ2v) is 5.91. The molecule has 2 aromatic rings.